The van der Waals surface area contributed by atoms with E-state index in [0.717, 1.165) is 32.7 Å². The summed E-state index contributed by atoms with van der Waals surface area (Å²) in [6.45, 7) is 0.696. The van der Waals surface area contributed by atoms with E-state index in [1.165, 1.54) is 11.3 Å². The Kier molecular flexibility index (Phi) is 4.29. The molecule has 0 aliphatic rings. The summed E-state index contributed by atoms with van der Waals surface area (Å²) in [5.74, 6) is 0.852. The maximum atomic E-state index is 6.05. The predicted octanol–water partition coefficient (Wildman–Crippen LogP) is 4.73. The summed E-state index contributed by atoms with van der Waals surface area (Å²) in [6.07, 6.45) is 1.91. The number of aromatic nitrogens is 3. The Bertz CT molecular complexity index is 978. The van der Waals surface area contributed by atoms with Gasteiger partial charge in [0.15, 0.2) is 0 Å². The number of anilines is 1. The first-order valence-electron chi connectivity index (χ1n) is 7.70. The molecule has 4 aromatic rings. The van der Waals surface area contributed by atoms with Crippen LogP contribution in [0, 0.1) is 0 Å². The highest BCUT2D eigenvalue weighted by atomic mass is 35.5. The van der Waals surface area contributed by atoms with Crippen molar-refractivity contribution in [2.45, 2.75) is 6.54 Å². The number of fused-ring (bicyclic) bond motifs is 1. The van der Waals surface area contributed by atoms with Crippen LogP contribution in [0.15, 0.2) is 54.7 Å². The first-order valence-corrected chi connectivity index (χ1v) is 8.90. The molecular weight excluding hydrogens is 356 g/mol. The fraction of sp³-hybridized carbons (Fsp3) is 0.111. The third-order valence-electron chi connectivity index (χ3n) is 3.77. The molecule has 4 rings (SSSR count). The van der Waals surface area contributed by atoms with Gasteiger partial charge in [0.1, 0.15) is 5.75 Å². The molecule has 0 fully saturated rings. The Morgan fingerprint density at radius 3 is 2.76 bits per heavy atom. The number of hydrogen-bond acceptors (Lipinski definition) is 5. The van der Waals surface area contributed by atoms with Crippen LogP contribution in [0.3, 0.4) is 0 Å². The van der Waals surface area contributed by atoms with E-state index in [0.29, 0.717) is 11.6 Å². The van der Waals surface area contributed by atoms with E-state index in [-0.39, 0.29) is 0 Å². The van der Waals surface area contributed by atoms with Gasteiger partial charge in [-0.1, -0.05) is 47.2 Å². The fourth-order valence-corrected chi connectivity index (χ4v) is 3.45. The minimum absolute atomic E-state index is 0.696. The molecule has 0 aliphatic carbocycles. The van der Waals surface area contributed by atoms with E-state index in [1.54, 1.807) is 11.6 Å². The highest BCUT2D eigenvalue weighted by Gasteiger charge is 2.10. The lowest BCUT2D eigenvalue weighted by Crippen LogP contribution is -1.99. The number of imidazole rings is 1. The Labute approximate surface area is 153 Å². The molecule has 0 saturated heterocycles. The summed E-state index contributed by atoms with van der Waals surface area (Å²) in [7, 11) is 1.66. The molecule has 0 atom stereocenters. The summed E-state index contributed by atoms with van der Waals surface area (Å²) < 4.78 is 6.95. The van der Waals surface area contributed by atoms with Gasteiger partial charge in [-0.05, 0) is 29.8 Å². The molecule has 5 nitrogen and oxygen atoms in total. The maximum absolute atomic E-state index is 6.05. The predicted molar refractivity (Wildman–Crippen MR) is 102 cm³/mol. The van der Waals surface area contributed by atoms with Crippen LogP contribution < -0.4 is 10.1 Å². The van der Waals surface area contributed by atoms with Gasteiger partial charge >= 0.3 is 0 Å². The van der Waals surface area contributed by atoms with E-state index >= 15 is 0 Å². The zero-order chi connectivity index (χ0) is 17.2. The number of hydrogen-bond donors (Lipinski definition) is 1. The van der Waals surface area contributed by atoms with Crippen molar-refractivity contribution >= 4 is 33.0 Å². The van der Waals surface area contributed by atoms with Crippen LogP contribution in [-0.4, -0.2) is 21.7 Å². The number of rotatable bonds is 5. The van der Waals surface area contributed by atoms with Gasteiger partial charge in [0.05, 0.1) is 19.0 Å². The third-order valence-corrected chi connectivity index (χ3v) is 4.88. The minimum Gasteiger partial charge on any atom is -0.497 e. The monoisotopic (exact) mass is 370 g/mol. The van der Waals surface area contributed by atoms with Gasteiger partial charge in [-0.25, -0.2) is 9.50 Å². The van der Waals surface area contributed by atoms with Gasteiger partial charge in [-0.15, -0.1) is 5.10 Å². The summed E-state index contributed by atoms with van der Waals surface area (Å²) >= 11 is 7.56. The Morgan fingerprint density at radius 2 is 2.04 bits per heavy atom. The maximum Gasteiger partial charge on any atom is 0.214 e. The van der Waals surface area contributed by atoms with Crippen molar-refractivity contribution in [3.63, 3.8) is 0 Å². The van der Waals surface area contributed by atoms with Gasteiger partial charge in [0.2, 0.25) is 10.1 Å². The molecule has 0 spiro atoms. The summed E-state index contributed by atoms with van der Waals surface area (Å²) in [5, 5.41) is 9.39. The molecule has 0 aliphatic heterocycles. The molecule has 25 heavy (non-hydrogen) atoms. The van der Waals surface area contributed by atoms with Crippen molar-refractivity contribution in [3.05, 3.63) is 65.3 Å². The second-order valence-corrected chi connectivity index (χ2v) is 6.86. The molecule has 0 radical (unpaired) electrons. The molecule has 2 aromatic heterocycles. The third kappa shape index (κ3) is 3.45. The minimum atomic E-state index is 0.696. The largest absolute Gasteiger partial charge is 0.497 e. The highest BCUT2D eigenvalue weighted by molar-refractivity contribution is 7.20. The smallest absolute Gasteiger partial charge is 0.214 e. The van der Waals surface area contributed by atoms with E-state index in [9.17, 15) is 0 Å². The second-order valence-electron chi connectivity index (χ2n) is 5.47. The molecule has 2 aromatic carbocycles. The van der Waals surface area contributed by atoms with E-state index in [4.69, 9.17) is 16.3 Å². The highest BCUT2D eigenvalue weighted by Crippen LogP contribution is 2.26. The molecule has 2 heterocycles. The molecule has 7 heteroatoms. The molecule has 0 amide bonds. The first-order chi connectivity index (χ1) is 12.2. The van der Waals surface area contributed by atoms with Crippen molar-refractivity contribution < 1.29 is 4.74 Å². The van der Waals surface area contributed by atoms with Gasteiger partial charge in [-0.3, -0.25) is 0 Å². The normalized spacial score (nSPS) is 11.0. The Balaban J connectivity index is 1.49. The number of ether oxygens (including phenoxy) is 1. The van der Waals surface area contributed by atoms with Gasteiger partial charge in [0, 0.05) is 17.1 Å². The zero-order valence-electron chi connectivity index (χ0n) is 13.4. The van der Waals surface area contributed by atoms with Crippen LogP contribution in [-0.2, 0) is 6.54 Å². The summed E-state index contributed by atoms with van der Waals surface area (Å²) in [4.78, 5) is 5.47. The zero-order valence-corrected chi connectivity index (χ0v) is 15.0. The summed E-state index contributed by atoms with van der Waals surface area (Å²) in [5.41, 5.74) is 3.01. The van der Waals surface area contributed by atoms with Crippen molar-refractivity contribution in [1.82, 2.24) is 14.6 Å². The fourth-order valence-electron chi connectivity index (χ4n) is 2.48. The lowest BCUT2D eigenvalue weighted by atomic mass is 10.2. The van der Waals surface area contributed by atoms with Gasteiger partial charge < -0.3 is 10.1 Å². The molecule has 126 valence electrons. The van der Waals surface area contributed by atoms with Crippen LogP contribution in [0.5, 0.6) is 5.75 Å². The molecule has 1 N–H and O–H groups in total. The molecule has 0 saturated carbocycles. The average molecular weight is 371 g/mol. The number of benzene rings is 2. The topological polar surface area (TPSA) is 51.5 Å². The Morgan fingerprint density at radius 1 is 1.20 bits per heavy atom. The number of halogens is 1. The van der Waals surface area contributed by atoms with Gasteiger partial charge in [0.25, 0.3) is 0 Å². The van der Waals surface area contributed by atoms with Crippen molar-refractivity contribution in [2.24, 2.45) is 0 Å². The van der Waals surface area contributed by atoms with Crippen LogP contribution in [0.25, 0.3) is 16.2 Å². The van der Waals surface area contributed by atoms with Gasteiger partial charge in [-0.2, -0.15) is 0 Å². The summed E-state index contributed by atoms with van der Waals surface area (Å²) in [6, 6.07) is 15.6. The van der Waals surface area contributed by atoms with Crippen LogP contribution in [0.1, 0.15) is 5.56 Å². The molecular formula is C18H15ClN4OS. The molecule has 0 unspecified atom stereocenters. The second kappa shape index (κ2) is 6.74. The lowest BCUT2D eigenvalue weighted by Gasteiger charge is -2.04. The lowest BCUT2D eigenvalue weighted by molar-refractivity contribution is 0.414. The van der Waals surface area contributed by atoms with Crippen molar-refractivity contribution in [3.8, 4) is 17.0 Å². The number of nitrogens with zero attached hydrogens (tertiary/aromatic N) is 3. The van der Waals surface area contributed by atoms with E-state index in [2.05, 4.69) is 15.4 Å². The van der Waals surface area contributed by atoms with Crippen LogP contribution >= 0.6 is 22.9 Å². The van der Waals surface area contributed by atoms with E-state index < -0.39 is 0 Å². The van der Waals surface area contributed by atoms with Crippen LogP contribution in [0.4, 0.5) is 5.13 Å². The Hall–Kier alpha value is -2.57. The number of nitrogens with one attached hydrogen (secondary N) is 1. The van der Waals surface area contributed by atoms with Crippen LogP contribution in [0.2, 0.25) is 5.02 Å². The van der Waals surface area contributed by atoms with Crippen molar-refractivity contribution in [1.29, 1.82) is 0 Å². The quantitative estimate of drug-likeness (QED) is 0.551. The number of methoxy groups -OCH3 is 1. The average Bonchev–Trinajstić information content (AvgIpc) is 3.19. The van der Waals surface area contributed by atoms with Crippen molar-refractivity contribution in [2.75, 3.05) is 12.4 Å². The first kappa shape index (κ1) is 15.9. The standard InChI is InChI=1S/C18H15ClN4OS/c1-24-15-7-5-12(6-8-15)10-20-17-22-23-11-16(21-18(23)25-17)13-3-2-4-14(19)9-13/h2-9,11H,10H2,1H3,(H,20,22). The molecule has 0 bridgehead atoms. The SMILES string of the molecule is COc1ccc(CNc2nn3cc(-c4cccc(Cl)c4)nc3s2)cc1. The van der Waals surface area contributed by atoms with E-state index in [1.807, 2.05) is 54.7 Å².